The molecule has 1 saturated heterocycles. The molecule has 2 aromatic heterocycles. The Morgan fingerprint density at radius 2 is 1.68 bits per heavy atom. The average Bonchev–Trinajstić information content (AvgIpc) is 3.67. The van der Waals surface area contributed by atoms with E-state index in [0.717, 1.165) is 35.4 Å². The van der Waals surface area contributed by atoms with Crippen LogP contribution in [0.25, 0.3) is 11.1 Å². The van der Waals surface area contributed by atoms with Gasteiger partial charge in [0.25, 0.3) is 11.8 Å². The molecule has 41 heavy (non-hydrogen) atoms. The number of likely N-dealkylation sites (tertiary alicyclic amines) is 1. The molecule has 2 aromatic carbocycles. The lowest BCUT2D eigenvalue weighted by Crippen LogP contribution is -2.40. The number of ether oxygens (including phenoxy) is 1. The molecule has 3 heterocycles. The van der Waals surface area contributed by atoms with Gasteiger partial charge in [0.15, 0.2) is 17.2 Å². The van der Waals surface area contributed by atoms with Crippen molar-refractivity contribution < 1.29 is 23.5 Å². The van der Waals surface area contributed by atoms with E-state index in [9.17, 15) is 14.4 Å². The number of carbonyl (C=O) groups is 3. The minimum absolute atomic E-state index is 0.00761. The number of nitrogens with zero attached hydrogens (tertiary/aromatic N) is 3. The summed E-state index contributed by atoms with van der Waals surface area (Å²) in [6.45, 7) is 10.2. The van der Waals surface area contributed by atoms with Gasteiger partial charge in [0.05, 0.1) is 11.6 Å². The van der Waals surface area contributed by atoms with Crippen molar-refractivity contribution in [3.63, 3.8) is 0 Å². The highest BCUT2D eigenvalue weighted by atomic mass is 16.6. The van der Waals surface area contributed by atoms with Crippen molar-refractivity contribution in [2.24, 2.45) is 0 Å². The first-order valence-electron chi connectivity index (χ1n) is 13.8. The molecule has 0 saturated carbocycles. The number of fused-ring (bicyclic) bond motifs is 1. The largest absolute Gasteiger partial charge is 0.445 e. The smallest absolute Gasteiger partial charge is 0.435 e. The molecule has 10 nitrogen and oxygen atoms in total. The number of hydrogen-bond acceptors (Lipinski definition) is 7. The summed E-state index contributed by atoms with van der Waals surface area (Å²) in [6.07, 6.45) is 1.27. The molecule has 2 N–H and O–H groups in total. The predicted octanol–water partition coefficient (Wildman–Crippen LogP) is 5.54. The van der Waals surface area contributed by atoms with E-state index in [1.165, 1.54) is 18.9 Å². The molecule has 1 fully saturated rings. The minimum atomic E-state index is -0.755. The van der Waals surface area contributed by atoms with Crippen LogP contribution in [-0.4, -0.2) is 51.8 Å². The standard InChI is InChI=1S/C31H35N5O5/c1-20(2)40-30(39)36-24-18-25(29(38)33-31(3,4)23-10-6-5-7-11-23)41-26(24)27(34-36)32-28(37)22-14-12-21(13-15-22)19-35-16-8-9-17-35/h5-7,10-15,18,20H,8-9,16-17,19H2,1-4H3,(H,33,38)(H,32,34,37). The molecule has 10 heteroatoms. The lowest BCUT2D eigenvalue weighted by atomic mass is 9.94. The van der Waals surface area contributed by atoms with Gasteiger partial charge in [-0.15, -0.1) is 5.10 Å². The van der Waals surface area contributed by atoms with Crippen molar-refractivity contribution in [1.29, 1.82) is 0 Å². The number of carbonyl (C=O) groups excluding carboxylic acids is 3. The number of anilines is 1. The quantitative estimate of drug-likeness (QED) is 0.292. The number of furan rings is 1. The summed E-state index contributed by atoms with van der Waals surface area (Å²) in [5.41, 5.74) is 2.07. The number of aromatic nitrogens is 2. The molecule has 0 atom stereocenters. The van der Waals surface area contributed by atoms with Crippen LogP contribution in [0.4, 0.5) is 10.6 Å². The van der Waals surface area contributed by atoms with Crippen LogP contribution >= 0.6 is 0 Å². The SMILES string of the molecule is CC(C)OC(=O)n1nc(NC(=O)c2ccc(CN3CCCC3)cc2)c2oc(C(=O)NC(C)(C)c3ccccc3)cc21. The van der Waals surface area contributed by atoms with Gasteiger partial charge in [-0.05, 0) is 76.9 Å². The zero-order valence-corrected chi connectivity index (χ0v) is 23.8. The second-order valence-electron chi connectivity index (χ2n) is 11.1. The van der Waals surface area contributed by atoms with E-state index in [0.29, 0.717) is 5.56 Å². The first-order chi connectivity index (χ1) is 19.6. The van der Waals surface area contributed by atoms with Gasteiger partial charge in [0.1, 0.15) is 5.52 Å². The van der Waals surface area contributed by atoms with Crippen molar-refractivity contribution in [2.75, 3.05) is 18.4 Å². The zero-order valence-electron chi connectivity index (χ0n) is 23.8. The third-order valence-corrected chi connectivity index (χ3v) is 7.06. The topological polar surface area (TPSA) is 119 Å². The van der Waals surface area contributed by atoms with E-state index < -0.39 is 29.6 Å². The first-order valence-corrected chi connectivity index (χ1v) is 13.8. The second-order valence-corrected chi connectivity index (χ2v) is 11.1. The Bertz CT molecular complexity index is 1550. The summed E-state index contributed by atoms with van der Waals surface area (Å²) in [7, 11) is 0. The average molecular weight is 558 g/mol. The van der Waals surface area contributed by atoms with Gasteiger partial charge in [-0.25, -0.2) is 4.79 Å². The molecule has 2 amide bonds. The molecule has 1 aliphatic rings. The number of rotatable bonds is 8. The van der Waals surface area contributed by atoms with Crippen molar-refractivity contribution in [3.8, 4) is 0 Å². The second kappa shape index (κ2) is 11.6. The minimum Gasteiger partial charge on any atom is -0.445 e. The Kier molecular flexibility index (Phi) is 7.94. The van der Waals surface area contributed by atoms with E-state index in [4.69, 9.17) is 9.15 Å². The van der Waals surface area contributed by atoms with Crippen molar-refractivity contribution >= 4 is 34.8 Å². The summed E-state index contributed by atoms with van der Waals surface area (Å²) in [5.74, 6) is -0.929. The van der Waals surface area contributed by atoms with Gasteiger partial charge >= 0.3 is 6.09 Å². The molecular weight excluding hydrogens is 522 g/mol. The Morgan fingerprint density at radius 1 is 1.00 bits per heavy atom. The van der Waals surface area contributed by atoms with Gasteiger partial charge in [-0.1, -0.05) is 42.5 Å². The normalized spacial score (nSPS) is 14.0. The monoisotopic (exact) mass is 557 g/mol. The molecule has 1 aliphatic heterocycles. The summed E-state index contributed by atoms with van der Waals surface area (Å²) in [5, 5.41) is 9.96. The van der Waals surface area contributed by atoms with Crippen LogP contribution in [0.5, 0.6) is 0 Å². The molecule has 0 bridgehead atoms. The third-order valence-electron chi connectivity index (χ3n) is 7.06. The molecule has 0 aliphatic carbocycles. The number of amides is 2. The summed E-state index contributed by atoms with van der Waals surface area (Å²) in [6, 6.07) is 18.4. The van der Waals surface area contributed by atoms with Gasteiger partial charge in [0.2, 0.25) is 0 Å². The third kappa shape index (κ3) is 6.33. The highest BCUT2D eigenvalue weighted by molar-refractivity contribution is 6.08. The maximum atomic E-state index is 13.2. The summed E-state index contributed by atoms with van der Waals surface area (Å²) < 4.78 is 12.2. The molecule has 0 unspecified atom stereocenters. The number of benzene rings is 2. The molecule has 0 spiro atoms. The summed E-state index contributed by atoms with van der Waals surface area (Å²) in [4.78, 5) is 41.6. The maximum Gasteiger partial charge on any atom is 0.435 e. The number of nitrogens with one attached hydrogen (secondary N) is 2. The van der Waals surface area contributed by atoms with Crippen LogP contribution in [0.1, 0.15) is 72.6 Å². The maximum absolute atomic E-state index is 13.2. The fourth-order valence-electron chi connectivity index (χ4n) is 4.90. The molecule has 5 rings (SSSR count). The summed E-state index contributed by atoms with van der Waals surface area (Å²) >= 11 is 0. The van der Waals surface area contributed by atoms with Gasteiger partial charge in [-0.2, -0.15) is 4.68 Å². The van der Waals surface area contributed by atoms with E-state index in [-0.39, 0.29) is 22.7 Å². The predicted molar refractivity (Wildman–Crippen MR) is 155 cm³/mol. The molecule has 0 radical (unpaired) electrons. The van der Waals surface area contributed by atoms with E-state index in [1.807, 2.05) is 56.3 Å². The van der Waals surface area contributed by atoms with E-state index in [1.54, 1.807) is 26.0 Å². The first kappa shape index (κ1) is 28.1. The lowest BCUT2D eigenvalue weighted by Gasteiger charge is -2.26. The Morgan fingerprint density at radius 3 is 2.34 bits per heavy atom. The van der Waals surface area contributed by atoms with Crippen LogP contribution in [0.15, 0.2) is 65.1 Å². The highest BCUT2D eigenvalue weighted by Gasteiger charge is 2.29. The van der Waals surface area contributed by atoms with Crippen molar-refractivity contribution in [1.82, 2.24) is 20.0 Å². The zero-order chi connectivity index (χ0) is 29.1. The Hall–Kier alpha value is -4.44. The Labute approximate surface area is 238 Å². The van der Waals surface area contributed by atoms with Crippen LogP contribution in [0, 0.1) is 0 Å². The van der Waals surface area contributed by atoms with Gasteiger partial charge < -0.3 is 19.8 Å². The van der Waals surface area contributed by atoms with Gasteiger partial charge in [0, 0.05) is 18.2 Å². The van der Waals surface area contributed by atoms with Crippen LogP contribution in [0.2, 0.25) is 0 Å². The van der Waals surface area contributed by atoms with Crippen LogP contribution < -0.4 is 10.6 Å². The van der Waals surface area contributed by atoms with E-state index >= 15 is 0 Å². The van der Waals surface area contributed by atoms with Crippen LogP contribution in [-0.2, 0) is 16.8 Å². The van der Waals surface area contributed by atoms with Crippen molar-refractivity contribution in [3.05, 3.63) is 83.1 Å². The van der Waals surface area contributed by atoms with Crippen molar-refractivity contribution in [2.45, 2.75) is 58.7 Å². The van der Waals surface area contributed by atoms with Gasteiger partial charge in [-0.3, -0.25) is 14.5 Å². The lowest BCUT2D eigenvalue weighted by molar-refractivity contribution is 0.0885. The fraction of sp³-hybridized carbons (Fsp3) is 0.355. The van der Waals surface area contributed by atoms with E-state index in [2.05, 4.69) is 20.6 Å². The molecule has 214 valence electrons. The number of hydrogen-bond donors (Lipinski definition) is 2. The molecule has 4 aromatic rings. The fourth-order valence-corrected chi connectivity index (χ4v) is 4.90. The van der Waals surface area contributed by atoms with Crippen LogP contribution in [0.3, 0.4) is 0 Å². The highest BCUT2D eigenvalue weighted by Crippen LogP contribution is 2.29. The molecular formula is C31H35N5O5. The Balaban J connectivity index is 1.39.